The van der Waals surface area contributed by atoms with Crippen LogP contribution < -0.4 is 21.1 Å². The lowest BCUT2D eigenvalue weighted by Gasteiger charge is -2.15. The predicted molar refractivity (Wildman–Crippen MR) is 141 cm³/mol. The highest BCUT2D eigenvalue weighted by Crippen LogP contribution is 2.20. The Labute approximate surface area is 213 Å². The van der Waals surface area contributed by atoms with E-state index >= 15 is 0 Å². The lowest BCUT2D eigenvalue weighted by Crippen LogP contribution is -2.38. The van der Waals surface area contributed by atoms with Gasteiger partial charge in [-0.25, -0.2) is 9.48 Å². The van der Waals surface area contributed by atoms with Crippen molar-refractivity contribution in [3.63, 3.8) is 0 Å². The van der Waals surface area contributed by atoms with Crippen molar-refractivity contribution in [1.82, 2.24) is 25.0 Å². The normalized spacial score (nSPS) is 13.2. The van der Waals surface area contributed by atoms with E-state index in [4.69, 9.17) is 9.47 Å². The van der Waals surface area contributed by atoms with Crippen LogP contribution >= 0.6 is 24.0 Å². The molecule has 33 heavy (non-hydrogen) atoms. The van der Waals surface area contributed by atoms with Crippen LogP contribution in [0.3, 0.4) is 0 Å². The molecule has 0 aliphatic carbocycles. The smallest absolute Gasteiger partial charge is 0.345 e. The van der Waals surface area contributed by atoms with Crippen LogP contribution in [0.2, 0.25) is 0 Å². The second-order valence-corrected chi connectivity index (χ2v) is 7.89. The van der Waals surface area contributed by atoms with Gasteiger partial charge in [-0.05, 0) is 44.7 Å². The van der Waals surface area contributed by atoms with Crippen molar-refractivity contribution in [2.45, 2.75) is 59.2 Å². The Bertz CT molecular complexity index is 956. The molecule has 0 saturated carbocycles. The SMILES string of the molecule is CCOCCOc1cc(C)ccc1CNC(=NC)NCCCn1nc2n(c1=O)CCCC2.I. The van der Waals surface area contributed by atoms with Gasteiger partial charge in [0.15, 0.2) is 5.96 Å². The summed E-state index contributed by atoms with van der Waals surface area (Å²) in [4.78, 5) is 16.7. The Hall–Kier alpha value is -2.08. The first-order chi connectivity index (χ1) is 15.6. The second-order valence-electron chi connectivity index (χ2n) is 7.89. The van der Waals surface area contributed by atoms with Gasteiger partial charge in [-0.15, -0.1) is 24.0 Å². The number of fused-ring (bicyclic) bond motifs is 1. The first-order valence-electron chi connectivity index (χ1n) is 11.5. The van der Waals surface area contributed by atoms with Gasteiger partial charge >= 0.3 is 5.69 Å². The van der Waals surface area contributed by atoms with Gasteiger partial charge in [-0.3, -0.25) is 9.56 Å². The zero-order valence-electron chi connectivity index (χ0n) is 19.9. The van der Waals surface area contributed by atoms with Crippen LogP contribution in [0.1, 0.15) is 43.1 Å². The number of aryl methyl sites for hydroxylation is 3. The molecule has 2 heterocycles. The van der Waals surface area contributed by atoms with Crippen LogP contribution in [0.15, 0.2) is 28.0 Å². The summed E-state index contributed by atoms with van der Waals surface area (Å²) in [5.41, 5.74) is 2.22. The molecule has 184 valence electrons. The van der Waals surface area contributed by atoms with Crippen molar-refractivity contribution >= 4 is 29.9 Å². The molecule has 0 spiro atoms. The summed E-state index contributed by atoms with van der Waals surface area (Å²) in [6, 6.07) is 6.19. The number of nitrogens with zero attached hydrogens (tertiary/aromatic N) is 4. The number of ether oxygens (including phenoxy) is 2. The van der Waals surface area contributed by atoms with Crippen LogP contribution in [0.4, 0.5) is 0 Å². The average molecular weight is 572 g/mol. The van der Waals surface area contributed by atoms with Gasteiger partial charge in [0.1, 0.15) is 18.2 Å². The van der Waals surface area contributed by atoms with Gasteiger partial charge in [0, 0.05) is 51.8 Å². The molecule has 0 unspecified atom stereocenters. The van der Waals surface area contributed by atoms with Crippen LogP contribution in [0.25, 0.3) is 0 Å². The maximum Gasteiger partial charge on any atom is 0.345 e. The standard InChI is InChI=1S/C23H36N6O3.HI/c1-4-31-14-15-32-20-16-18(2)9-10-19(20)17-26-22(24-3)25-11-7-13-29-23(30)28-12-6-5-8-21(28)27-29;/h9-10,16H,4-8,11-15,17H2,1-3H3,(H2,24,25,26);1H. The average Bonchev–Trinajstić information content (AvgIpc) is 3.13. The van der Waals surface area contributed by atoms with E-state index < -0.39 is 0 Å². The highest BCUT2D eigenvalue weighted by atomic mass is 127. The van der Waals surface area contributed by atoms with Crippen LogP contribution in [-0.4, -0.2) is 53.7 Å². The molecular weight excluding hydrogens is 535 g/mol. The molecule has 1 aliphatic heterocycles. The van der Waals surface area contributed by atoms with Crippen molar-refractivity contribution < 1.29 is 9.47 Å². The zero-order chi connectivity index (χ0) is 22.8. The molecule has 1 aliphatic rings. The number of rotatable bonds is 11. The Morgan fingerprint density at radius 2 is 2.09 bits per heavy atom. The minimum Gasteiger partial charge on any atom is -0.491 e. The summed E-state index contributed by atoms with van der Waals surface area (Å²) in [6.07, 6.45) is 3.85. The van der Waals surface area contributed by atoms with E-state index in [1.807, 2.05) is 17.6 Å². The third kappa shape index (κ3) is 8.02. The largest absolute Gasteiger partial charge is 0.491 e. The summed E-state index contributed by atoms with van der Waals surface area (Å²) in [6.45, 7) is 8.48. The van der Waals surface area contributed by atoms with E-state index in [0.29, 0.717) is 45.4 Å². The highest BCUT2D eigenvalue weighted by molar-refractivity contribution is 14.0. The van der Waals surface area contributed by atoms with E-state index in [9.17, 15) is 4.79 Å². The highest BCUT2D eigenvalue weighted by Gasteiger charge is 2.16. The molecule has 1 aromatic heterocycles. The number of hydrogen-bond donors (Lipinski definition) is 2. The predicted octanol–water partition coefficient (Wildman–Crippen LogP) is 2.48. The van der Waals surface area contributed by atoms with Crippen molar-refractivity contribution in [3.8, 4) is 5.75 Å². The fourth-order valence-corrected chi connectivity index (χ4v) is 3.73. The van der Waals surface area contributed by atoms with Crippen molar-refractivity contribution in [2.24, 2.45) is 4.99 Å². The summed E-state index contributed by atoms with van der Waals surface area (Å²) in [7, 11) is 1.75. The monoisotopic (exact) mass is 572 g/mol. The molecule has 0 radical (unpaired) electrons. The lowest BCUT2D eigenvalue weighted by atomic mass is 10.1. The third-order valence-electron chi connectivity index (χ3n) is 5.45. The van der Waals surface area contributed by atoms with Crippen molar-refractivity contribution in [3.05, 3.63) is 45.6 Å². The number of guanidine groups is 1. The van der Waals surface area contributed by atoms with Gasteiger partial charge < -0.3 is 20.1 Å². The van der Waals surface area contributed by atoms with Crippen LogP contribution in [-0.2, 0) is 30.8 Å². The summed E-state index contributed by atoms with van der Waals surface area (Å²) >= 11 is 0. The molecule has 0 amide bonds. The fourth-order valence-electron chi connectivity index (χ4n) is 3.73. The van der Waals surface area contributed by atoms with E-state index in [0.717, 1.165) is 54.9 Å². The second kappa shape index (κ2) is 14.2. The first kappa shape index (κ1) is 27.2. The minimum atomic E-state index is 0. The van der Waals surface area contributed by atoms with Gasteiger partial charge in [0.25, 0.3) is 0 Å². The molecule has 0 atom stereocenters. The first-order valence-corrected chi connectivity index (χ1v) is 11.5. The molecule has 2 aromatic rings. The van der Waals surface area contributed by atoms with E-state index in [1.54, 1.807) is 11.7 Å². The van der Waals surface area contributed by atoms with E-state index in [-0.39, 0.29) is 29.7 Å². The minimum absolute atomic E-state index is 0. The maximum atomic E-state index is 12.4. The molecular formula is C23H37IN6O3. The molecule has 9 nitrogen and oxygen atoms in total. The molecule has 10 heteroatoms. The molecule has 2 N–H and O–H groups in total. The number of halogens is 1. The fraction of sp³-hybridized carbons (Fsp3) is 0.609. The number of benzene rings is 1. The summed E-state index contributed by atoms with van der Waals surface area (Å²) < 4.78 is 14.7. The van der Waals surface area contributed by atoms with Crippen molar-refractivity contribution in [2.75, 3.05) is 33.4 Å². The molecule has 0 saturated heterocycles. The van der Waals surface area contributed by atoms with Crippen molar-refractivity contribution in [1.29, 1.82) is 0 Å². The van der Waals surface area contributed by atoms with E-state index in [1.165, 1.54) is 0 Å². The lowest BCUT2D eigenvalue weighted by molar-refractivity contribution is 0.110. The maximum absolute atomic E-state index is 12.4. The number of nitrogens with one attached hydrogen (secondary N) is 2. The summed E-state index contributed by atoms with van der Waals surface area (Å²) in [5, 5.41) is 11.1. The number of aromatic nitrogens is 3. The molecule has 0 fully saturated rings. The Kier molecular flexibility index (Phi) is 11.7. The van der Waals surface area contributed by atoms with Gasteiger partial charge in [-0.1, -0.05) is 12.1 Å². The summed E-state index contributed by atoms with van der Waals surface area (Å²) in [5.74, 6) is 2.49. The Balaban J connectivity index is 0.00000385. The van der Waals surface area contributed by atoms with Gasteiger partial charge in [0.05, 0.1) is 6.61 Å². The van der Waals surface area contributed by atoms with Gasteiger partial charge in [0.2, 0.25) is 0 Å². The third-order valence-corrected chi connectivity index (χ3v) is 5.45. The van der Waals surface area contributed by atoms with Crippen LogP contribution in [0.5, 0.6) is 5.75 Å². The molecule has 1 aromatic carbocycles. The zero-order valence-corrected chi connectivity index (χ0v) is 22.3. The molecule has 3 rings (SSSR count). The Morgan fingerprint density at radius 3 is 2.85 bits per heavy atom. The topological polar surface area (TPSA) is 94.7 Å². The number of aliphatic imine (C=N–C) groups is 1. The Morgan fingerprint density at radius 1 is 1.24 bits per heavy atom. The van der Waals surface area contributed by atoms with E-state index in [2.05, 4.69) is 39.8 Å². The number of hydrogen-bond acceptors (Lipinski definition) is 5. The molecule has 0 bridgehead atoms. The quantitative estimate of drug-likeness (QED) is 0.186. The van der Waals surface area contributed by atoms with Gasteiger partial charge in [-0.2, -0.15) is 5.10 Å². The van der Waals surface area contributed by atoms with Crippen LogP contribution in [0, 0.1) is 6.92 Å².